The zero-order chi connectivity index (χ0) is 24.4. The highest BCUT2D eigenvalue weighted by Gasteiger charge is 2.35. The Kier molecular flexibility index (Phi) is 6.29. The number of benzene rings is 2. The summed E-state index contributed by atoms with van der Waals surface area (Å²) in [5.74, 6) is -0.920. The quantitative estimate of drug-likeness (QED) is 0.312. The van der Waals surface area contributed by atoms with Gasteiger partial charge >= 0.3 is 5.97 Å². The standard InChI is InChI=1S/C25H20N2O6S/c1-3-32-17-6-4-5-16(12-17)27-23(29)20(22(28)26-25(27)34)13-18-8-10-21(33-18)19-9-7-15(24(30)31)11-14(19)2/h4-13H,3H2,1-2H3,(H,30,31)(H,26,28,34)/b20-13+. The number of carbonyl (C=O) groups excluding carboxylic acids is 2. The molecule has 1 aliphatic heterocycles. The Morgan fingerprint density at radius 2 is 1.97 bits per heavy atom. The lowest BCUT2D eigenvalue weighted by Gasteiger charge is -2.29. The molecule has 2 N–H and O–H groups in total. The summed E-state index contributed by atoms with van der Waals surface area (Å²) in [4.78, 5) is 38.2. The van der Waals surface area contributed by atoms with E-state index < -0.39 is 17.8 Å². The van der Waals surface area contributed by atoms with Crippen LogP contribution in [0.25, 0.3) is 17.4 Å². The van der Waals surface area contributed by atoms with Crippen molar-refractivity contribution in [2.45, 2.75) is 13.8 Å². The topological polar surface area (TPSA) is 109 Å². The Morgan fingerprint density at radius 1 is 1.18 bits per heavy atom. The summed E-state index contributed by atoms with van der Waals surface area (Å²) in [6, 6.07) is 14.8. The Morgan fingerprint density at radius 3 is 2.68 bits per heavy atom. The molecule has 1 aliphatic rings. The zero-order valence-corrected chi connectivity index (χ0v) is 19.1. The van der Waals surface area contributed by atoms with Crippen LogP contribution in [0.4, 0.5) is 5.69 Å². The number of carboxylic acids is 1. The summed E-state index contributed by atoms with van der Waals surface area (Å²) < 4.78 is 11.3. The van der Waals surface area contributed by atoms with Crippen molar-refractivity contribution in [1.29, 1.82) is 0 Å². The van der Waals surface area contributed by atoms with Crippen LogP contribution in [0.2, 0.25) is 0 Å². The van der Waals surface area contributed by atoms with Crippen molar-refractivity contribution in [2.24, 2.45) is 0 Å². The van der Waals surface area contributed by atoms with Gasteiger partial charge in [-0.25, -0.2) is 4.79 Å². The molecule has 0 saturated carbocycles. The molecule has 8 nitrogen and oxygen atoms in total. The molecule has 1 fully saturated rings. The van der Waals surface area contributed by atoms with Crippen LogP contribution in [0.1, 0.15) is 28.6 Å². The maximum absolute atomic E-state index is 13.2. The van der Waals surface area contributed by atoms with Crippen molar-refractivity contribution in [3.63, 3.8) is 0 Å². The van der Waals surface area contributed by atoms with Gasteiger partial charge in [0.05, 0.1) is 17.9 Å². The van der Waals surface area contributed by atoms with Gasteiger partial charge in [-0.2, -0.15) is 0 Å². The molecule has 34 heavy (non-hydrogen) atoms. The molecule has 0 radical (unpaired) electrons. The average molecular weight is 477 g/mol. The van der Waals surface area contributed by atoms with E-state index >= 15 is 0 Å². The first-order valence-corrected chi connectivity index (χ1v) is 10.8. The summed E-state index contributed by atoms with van der Waals surface area (Å²) in [7, 11) is 0. The summed E-state index contributed by atoms with van der Waals surface area (Å²) in [5.41, 5.74) is 1.90. The lowest BCUT2D eigenvalue weighted by Crippen LogP contribution is -2.54. The Bertz CT molecular complexity index is 1360. The van der Waals surface area contributed by atoms with E-state index in [0.717, 1.165) is 0 Å². The first-order chi connectivity index (χ1) is 16.3. The van der Waals surface area contributed by atoms with Gasteiger partial charge in [-0.3, -0.25) is 19.8 Å². The number of nitrogens with one attached hydrogen (secondary N) is 1. The summed E-state index contributed by atoms with van der Waals surface area (Å²) in [5, 5.41) is 11.7. The molecule has 0 atom stereocenters. The van der Waals surface area contributed by atoms with Crippen LogP contribution in [0.15, 0.2) is 64.6 Å². The van der Waals surface area contributed by atoms with E-state index in [1.165, 1.54) is 17.0 Å². The minimum absolute atomic E-state index is 0.0323. The highest BCUT2D eigenvalue weighted by atomic mass is 32.1. The van der Waals surface area contributed by atoms with E-state index in [-0.39, 0.29) is 22.0 Å². The Hall–Kier alpha value is -4.24. The lowest BCUT2D eigenvalue weighted by atomic mass is 10.0. The van der Waals surface area contributed by atoms with E-state index in [9.17, 15) is 14.4 Å². The molecule has 2 aromatic carbocycles. The molecule has 0 unspecified atom stereocenters. The normalized spacial score (nSPS) is 14.9. The Balaban J connectivity index is 1.65. The van der Waals surface area contributed by atoms with Crippen molar-refractivity contribution >= 4 is 46.9 Å². The number of furan rings is 1. The van der Waals surface area contributed by atoms with Crippen molar-refractivity contribution in [3.05, 3.63) is 77.1 Å². The van der Waals surface area contributed by atoms with Crippen molar-refractivity contribution in [3.8, 4) is 17.1 Å². The van der Waals surface area contributed by atoms with Gasteiger partial charge in [0, 0.05) is 11.6 Å². The summed E-state index contributed by atoms with van der Waals surface area (Å²) in [6.07, 6.45) is 1.35. The van der Waals surface area contributed by atoms with Gasteiger partial charge in [-0.15, -0.1) is 0 Å². The number of amides is 2. The third kappa shape index (κ3) is 4.46. The van der Waals surface area contributed by atoms with Gasteiger partial charge < -0.3 is 14.3 Å². The molecule has 2 heterocycles. The molecular weight excluding hydrogens is 456 g/mol. The smallest absolute Gasteiger partial charge is 0.335 e. The van der Waals surface area contributed by atoms with Crippen LogP contribution in [-0.2, 0) is 9.59 Å². The van der Waals surface area contributed by atoms with Crippen molar-refractivity contribution in [2.75, 3.05) is 11.5 Å². The van der Waals surface area contributed by atoms with Crippen LogP contribution < -0.4 is 15.0 Å². The molecule has 9 heteroatoms. The van der Waals surface area contributed by atoms with E-state index in [1.54, 1.807) is 55.5 Å². The van der Waals surface area contributed by atoms with Gasteiger partial charge in [-0.05, 0) is 74.1 Å². The Labute approximate surface area is 200 Å². The number of carbonyl (C=O) groups is 3. The molecule has 1 saturated heterocycles. The molecule has 3 aromatic rings. The van der Waals surface area contributed by atoms with Gasteiger partial charge in [0.25, 0.3) is 11.8 Å². The second-order valence-corrected chi connectivity index (χ2v) is 7.81. The number of aryl methyl sites for hydroxylation is 1. The van der Waals surface area contributed by atoms with Crippen LogP contribution in [0.5, 0.6) is 5.75 Å². The van der Waals surface area contributed by atoms with E-state index in [1.807, 2.05) is 6.92 Å². The minimum atomic E-state index is -1.02. The van der Waals surface area contributed by atoms with Crippen LogP contribution in [-0.4, -0.2) is 34.6 Å². The molecular formula is C25H20N2O6S. The van der Waals surface area contributed by atoms with E-state index in [2.05, 4.69) is 5.32 Å². The third-order valence-electron chi connectivity index (χ3n) is 5.14. The van der Waals surface area contributed by atoms with Crippen molar-refractivity contribution < 1.29 is 28.6 Å². The van der Waals surface area contributed by atoms with Gasteiger partial charge in [0.1, 0.15) is 22.8 Å². The number of aromatic carboxylic acids is 1. The summed E-state index contributed by atoms with van der Waals surface area (Å²) >= 11 is 5.24. The fraction of sp³-hybridized carbons (Fsp3) is 0.120. The van der Waals surface area contributed by atoms with Crippen LogP contribution in [0, 0.1) is 6.92 Å². The number of hydrogen-bond donors (Lipinski definition) is 2. The first kappa shape index (κ1) is 22.9. The lowest BCUT2D eigenvalue weighted by molar-refractivity contribution is -0.122. The zero-order valence-electron chi connectivity index (χ0n) is 18.3. The largest absolute Gasteiger partial charge is 0.494 e. The molecule has 1 aromatic heterocycles. The number of ether oxygens (including phenoxy) is 1. The first-order valence-electron chi connectivity index (χ1n) is 10.4. The number of hydrogen-bond acceptors (Lipinski definition) is 6. The number of carboxylic acid groups (broad SMARTS) is 1. The molecule has 0 aliphatic carbocycles. The highest BCUT2D eigenvalue weighted by molar-refractivity contribution is 7.80. The highest BCUT2D eigenvalue weighted by Crippen LogP contribution is 2.29. The molecule has 0 spiro atoms. The maximum atomic E-state index is 13.2. The van der Waals surface area contributed by atoms with E-state index in [0.29, 0.717) is 34.9 Å². The fourth-order valence-electron chi connectivity index (χ4n) is 3.56. The second kappa shape index (κ2) is 9.32. The number of nitrogens with zero attached hydrogens (tertiary/aromatic N) is 1. The molecule has 2 amide bonds. The maximum Gasteiger partial charge on any atom is 0.335 e. The van der Waals surface area contributed by atoms with Crippen LogP contribution >= 0.6 is 12.2 Å². The number of anilines is 1. The predicted octanol–water partition coefficient (Wildman–Crippen LogP) is 4.18. The van der Waals surface area contributed by atoms with Gasteiger partial charge in [0.2, 0.25) is 0 Å². The number of rotatable bonds is 6. The molecule has 172 valence electrons. The molecule has 0 bridgehead atoms. The monoisotopic (exact) mass is 476 g/mol. The van der Waals surface area contributed by atoms with Crippen molar-refractivity contribution in [1.82, 2.24) is 5.32 Å². The molecule has 4 rings (SSSR count). The number of thiocarbonyl (C=S) groups is 1. The van der Waals surface area contributed by atoms with Gasteiger partial charge in [-0.1, -0.05) is 12.1 Å². The predicted molar refractivity (Wildman–Crippen MR) is 130 cm³/mol. The van der Waals surface area contributed by atoms with Gasteiger partial charge in [0.15, 0.2) is 5.11 Å². The van der Waals surface area contributed by atoms with E-state index in [4.69, 9.17) is 26.5 Å². The average Bonchev–Trinajstić information content (AvgIpc) is 3.25. The third-order valence-corrected chi connectivity index (χ3v) is 5.43. The van der Waals surface area contributed by atoms with Crippen LogP contribution in [0.3, 0.4) is 0 Å². The second-order valence-electron chi connectivity index (χ2n) is 7.43. The SMILES string of the molecule is CCOc1cccc(N2C(=O)/C(=C/c3ccc(-c4ccc(C(=O)O)cc4C)o3)C(=O)NC2=S)c1. The fourth-order valence-corrected chi connectivity index (χ4v) is 3.84. The summed E-state index contributed by atoms with van der Waals surface area (Å²) in [6.45, 7) is 4.09. The minimum Gasteiger partial charge on any atom is -0.494 e.